The number of rotatable bonds is 4. The topological polar surface area (TPSA) is 81.8 Å². The van der Waals surface area contributed by atoms with Crippen molar-refractivity contribution < 1.29 is 4.92 Å². The van der Waals surface area contributed by atoms with Gasteiger partial charge in [-0.25, -0.2) is 9.97 Å². The molecule has 2 heterocycles. The molecule has 0 unspecified atom stereocenters. The minimum Gasteiger partial charge on any atom is -0.258 e. The van der Waals surface area contributed by atoms with Crippen molar-refractivity contribution in [3.8, 4) is 0 Å². The summed E-state index contributed by atoms with van der Waals surface area (Å²) in [6.45, 7) is 1.96. The fourth-order valence-electron chi connectivity index (χ4n) is 1.13. The predicted molar refractivity (Wildman–Crippen MR) is 72.0 cm³/mol. The van der Waals surface area contributed by atoms with Crippen LogP contribution in [0.3, 0.4) is 0 Å². The standard InChI is InChI=1S/C9H7BrN4O2S2/c1-2-7-12-9(18-13-7)17-8-6(14(15)16)3-5(10)4-11-8/h3-4H,2H2,1H3. The SMILES string of the molecule is CCc1nsc(Sc2ncc(Br)cc2[N+](=O)[O-])n1. The van der Waals surface area contributed by atoms with Crippen molar-refractivity contribution >= 4 is 44.9 Å². The third-order valence-electron chi connectivity index (χ3n) is 1.95. The summed E-state index contributed by atoms with van der Waals surface area (Å²) >= 11 is 5.54. The second kappa shape index (κ2) is 5.72. The van der Waals surface area contributed by atoms with E-state index in [1.54, 1.807) is 0 Å². The van der Waals surface area contributed by atoms with Gasteiger partial charge in [-0.2, -0.15) is 4.37 Å². The highest BCUT2D eigenvalue weighted by molar-refractivity contribution is 9.10. The fraction of sp³-hybridized carbons (Fsp3) is 0.222. The van der Waals surface area contributed by atoms with Gasteiger partial charge in [0.2, 0.25) is 0 Å². The lowest BCUT2D eigenvalue weighted by molar-refractivity contribution is -0.388. The smallest absolute Gasteiger partial charge is 0.258 e. The molecule has 9 heteroatoms. The van der Waals surface area contributed by atoms with Crippen LogP contribution in [0, 0.1) is 10.1 Å². The Morgan fingerprint density at radius 3 is 3.00 bits per heavy atom. The molecule has 2 rings (SSSR count). The number of nitro groups is 1. The van der Waals surface area contributed by atoms with Gasteiger partial charge in [0.15, 0.2) is 9.37 Å². The lowest BCUT2D eigenvalue weighted by Crippen LogP contribution is -1.93. The Hall–Kier alpha value is -1.06. The van der Waals surface area contributed by atoms with Crippen molar-refractivity contribution in [2.45, 2.75) is 22.7 Å². The van der Waals surface area contributed by atoms with E-state index in [9.17, 15) is 10.1 Å². The lowest BCUT2D eigenvalue weighted by Gasteiger charge is -1.99. The van der Waals surface area contributed by atoms with E-state index in [4.69, 9.17) is 0 Å². The van der Waals surface area contributed by atoms with Crippen LogP contribution in [-0.2, 0) is 6.42 Å². The number of aromatic nitrogens is 3. The van der Waals surface area contributed by atoms with Crippen LogP contribution in [0.25, 0.3) is 0 Å². The van der Waals surface area contributed by atoms with Gasteiger partial charge in [-0.15, -0.1) is 0 Å². The van der Waals surface area contributed by atoms with E-state index in [1.807, 2.05) is 6.92 Å². The van der Waals surface area contributed by atoms with E-state index >= 15 is 0 Å². The highest BCUT2D eigenvalue weighted by Gasteiger charge is 2.18. The molecule has 0 saturated carbocycles. The minimum absolute atomic E-state index is 0.0392. The zero-order valence-corrected chi connectivity index (χ0v) is 12.4. The highest BCUT2D eigenvalue weighted by Crippen LogP contribution is 2.35. The van der Waals surface area contributed by atoms with Gasteiger partial charge >= 0.3 is 5.69 Å². The van der Waals surface area contributed by atoms with Crippen LogP contribution in [0.5, 0.6) is 0 Å². The van der Waals surface area contributed by atoms with Gasteiger partial charge in [-0.3, -0.25) is 10.1 Å². The van der Waals surface area contributed by atoms with E-state index < -0.39 is 4.92 Å². The number of hydrogen-bond acceptors (Lipinski definition) is 7. The Morgan fingerprint density at radius 1 is 1.61 bits per heavy atom. The van der Waals surface area contributed by atoms with Crippen molar-refractivity contribution in [1.82, 2.24) is 14.3 Å². The Morgan fingerprint density at radius 2 is 2.39 bits per heavy atom. The molecule has 0 atom stereocenters. The quantitative estimate of drug-likeness (QED) is 0.623. The molecule has 0 aliphatic carbocycles. The van der Waals surface area contributed by atoms with Gasteiger partial charge in [0, 0.05) is 23.2 Å². The summed E-state index contributed by atoms with van der Waals surface area (Å²) < 4.78 is 5.36. The number of halogens is 1. The van der Waals surface area contributed by atoms with Crippen LogP contribution in [0.15, 0.2) is 26.1 Å². The molecule has 0 spiro atoms. The van der Waals surface area contributed by atoms with Crippen LogP contribution in [0.1, 0.15) is 12.7 Å². The number of nitrogens with zero attached hydrogens (tertiary/aromatic N) is 4. The molecule has 0 amide bonds. The van der Waals surface area contributed by atoms with Gasteiger partial charge in [-0.05, 0) is 39.2 Å². The molecule has 0 aliphatic rings. The van der Waals surface area contributed by atoms with Crippen LogP contribution in [-0.4, -0.2) is 19.3 Å². The molecule has 0 N–H and O–H groups in total. The fourth-order valence-corrected chi connectivity index (χ4v) is 3.11. The van der Waals surface area contributed by atoms with Crippen molar-refractivity contribution in [2.24, 2.45) is 0 Å². The Balaban J connectivity index is 2.30. The Kier molecular flexibility index (Phi) is 4.25. The Bertz CT molecular complexity index is 590. The first-order chi connectivity index (χ1) is 8.60. The van der Waals surface area contributed by atoms with Gasteiger partial charge in [0.05, 0.1) is 4.92 Å². The summed E-state index contributed by atoms with van der Waals surface area (Å²) in [5.41, 5.74) is -0.0392. The first-order valence-corrected chi connectivity index (χ1v) is 7.28. The third kappa shape index (κ3) is 3.03. The maximum absolute atomic E-state index is 10.9. The lowest BCUT2D eigenvalue weighted by atomic mass is 10.4. The maximum Gasteiger partial charge on any atom is 0.302 e. The normalized spacial score (nSPS) is 10.6. The Labute approximate surface area is 119 Å². The van der Waals surface area contributed by atoms with E-state index in [0.29, 0.717) is 13.8 Å². The average molecular weight is 347 g/mol. The predicted octanol–water partition coefficient (Wildman–Crippen LogP) is 3.32. The zero-order chi connectivity index (χ0) is 13.1. The summed E-state index contributed by atoms with van der Waals surface area (Å²) in [5.74, 6) is 0.738. The molecule has 2 aromatic heterocycles. The van der Waals surface area contributed by atoms with E-state index in [-0.39, 0.29) is 5.69 Å². The number of hydrogen-bond donors (Lipinski definition) is 0. The number of pyridine rings is 1. The molecule has 0 bridgehead atoms. The minimum atomic E-state index is -0.456. The molecule has 0 radical (unpaired) electrons. The zero-order valence-electron chi connectivity index (χ0n) is 9.16. The van der Waals surface area contributed by atoms with Crippen LogP contribution in [0.4, 0.5) is 5.69 Å². The molecule has 0 saturated heterocycles. The van der Waals surface area contributed by atoms with Crippen molar-refractivity contribution in [1.29, 1.82) is 0 Å². The molecule has 0 aliphatic heterocycles. The first-order valence-electron chi connectivity index (χ1n) is 4.90. The molecule has 0 aromatic carbocycles. The third-order valence-corrected chi connectivity index (χ3v) is 4.18. The summed E-state index contributed by atoms with van der Waals surface area (Å²) in [5, 5.41) is 11.2. The van der Waals surface area contributed by atoms with Crippen LogP contribution < -0.4 is 0 Å². The second-order valence-corrected chi connectivity index (χ2v) is 6.07. The summed E-state index contributed by atoms with van der Waals surface area (Å²) in [4.78, 5) is 18.8. The van der Waals surface area contributed by atoms with Gasteiger partial charge in [-0.1, -0.05) is 6.92 Å². The molecular weight excluding hydrogens is 340 g/mol. The largest absolute Gasteiger partial charge is 0.302 e. The van der Waals surface area contributed by atoms with Crippen LogP contribution in [0.2, 0.25) is 0 Å². The van der Waals surface area contributed by atoms with Crippen molar-refractivity contribution in [3.05, 3.63) is 32.7 Å². The highest BCUT2D eigenvalue weighted by atomic mass is 79.9. The monoisotopic (exact) mass is 346 g/mol. The summed E-state index contributed by atoms with van der Waals surface area (Å²) in [7, 11) is 0. The van der Waals surface area contributed by atoms with Gasteiger partial charge in [0.1, 0.15) is 5.82 Å². The summed E-state index contributed by atoms with van der Waals surface area (Å²) in [6.07, 6.45) is 2.27. The number of aryl methyl sites for hydroxylation is 1. The molecule has 18 heavy (non-hydrogen) atoms. The molecule has 2 aromatic rings. The second-order valence-electron chi connectivity index (χ2n) is 3.17. The summed E-state index contributed by atoms with van der Waals surface area (Å²) in [6, 6.07) is 1.43. The van der Waals surface area contributed by atoms with E-state index in [1.165, 1.54) is 23.8 Å². The van der Waals surface area contributed by atoms with Gasteiger partial charge < -0.3 is 0 Å². The first kappa shape index (κ1) is 13.4. The molecular formula is C9H7BrN4O2S2. The van der Waals surface area contributed by atoms with Gasteiger partial charge in [0.25, 0.3) is 0 Å². The van der Waals surface area contributed by atoms with E-state index in [2.05, 4.69) is 30.3 Å². The molecule has 94 valence electrons. The van der Waals surface area contributed by atoms with Crippen LogP contribution >= 0.6 is 39.2 Å². The molecule has 6 nitrogen and oxygen atoms in total. The maximum atomic E-state index is 10.9. The van der Waals surface area contributed by atoms with E-state index in [0.717, 1.165) is 24.0 Å². The average Bonchev–Trinajstić information content (AvgIpc) is 2.79. The van der Waals surface area contributed by atoms with Crippen molar-refractivity contribution in [2.75, 3.05) is 0 Å². The molecule has 0 fully saturated rings. The van der Waals surface area contributed by atoms with Crippen molar-refractivity contribution in [3.63, 3.8) is 0 Å².